The third-order valence-electron chi connectivity index (χ3n) is 5.09. The Morgan fingerprint density at radius 3 is 2.61 bits per heavy atom. The van der Waals surface area contributed by atoms with Crippen LogP contribution in [0.2, 0.25) is 0 Å². The van der Waals surface area contributed by atoms with Gasteiger partial charge in [-0.25, -0.2) is 4.98 Å². The van der Waals surface area contributed by atoms with E-state index in [9.17, 15) is 14.4 Å². The molecule has 1 aromatic carbocycles. The van der Waals surface area contributed by atoms with Crippen LogP contribution in [0.4, 0.5) is 11.5 Å². The van der Waals surface area contributed by atoms with Crippen LogP contribution in [0.1, 0.15) is 12.0 Å². The lowest BCUT2D eigenvalue weighted by Crippen LogP contribution is -2.39. The minimum atomic E-state index is -0.532. The van der Waals surface area contributed by atoms with E-state index in [0.29, 0.717) is 23.0 Å². The minimum Gasteiger partial charge on any atom is -0.493 e. The fourth-order valence-corrected chi connectivity index (χ4v) is 3.51. The summed E-state index contributed by atoms with van der Waals surface area (Å²) in [5.41, 5.74) is 1.60. The van der Waals surface area contributed by atoms with Gasteiger partial charge >= 0.3 is 0 Å². The molecule has 164 valence electrons. The molecule has 1 atom stereocenters. The molecular formula is C22H26N4O5. The normalized spacial score (nSPS) is 15.5. The second-order valence-electron chi connectivity index (χ2n) is 7.41. The molecule has 0 radical (unpaired) electrons. The third kappa shape index (κ3) is 5.11. The standard InChI is InChI=1S/C22H26N4O5/c1-14-7-8-23-19(9-14)24-20(27)13-25(2)22(29)15-10-21(28)26(12-15)16-5-6-17(30-3)18(11-16)31-4/h5-9,11,15H,10,12-13H2,1-4H3,(H,23,24,27). The Labute approximate surface area is 180 Å². The largest absolute Gasteiger partial charge is 0.493 e. The molecule has 1 aliphatic heterocycles. The number of hydrogen-bond acceptors (Lipinski definition) is 6. The highest BCUT2D eigenvalue weighted by atomic mass is 16.5. The summed E-state index contributed by atoms with van der Waals surface area (Å²) in [6.45, 7) is 2.00. The molecule has 1 saturated heterocycles. The second-order valence-corrected chi connectivity index (χ2v) is 7.41. The van der Waals surface area contributed by atoms with Gasteiger partial charge in [0.05, 0.1) is 26.7 Å². The number of rotatable bonds is 7. The number of anilines is 2. The van der Waals surface area contributed by atoms with Crippen molar-refractivity contribution in [1.82, 2.24) is 9.88 Å². The monoisotopic (exact) mass is 426 g/mol. The number of carbonyl (C=O) groups excluding carboxylic acids is 3. The molecule has 1 aliphatic rings. The molecule has 2 heterocycles. The van der Waals surface area contributed by atoms with E-state index >= 15 is 0 Å². The fraction of sp³-hybridized carbons (Fsp3) is 0.364. The molecule has 2 aromatic rings. The molecule has 1 aromatic heterocycles. The van der Waals surface area contributed by atoms with E-state index in [1.165, 1.54) is 19.1 Å². The van der Waals surface area contributed by atoms with E-state index in [2.05, 4.69) is 10.3 Å². The Balaban J connectivity index is 1.62. The van der Waals surface area contributed by atoms with Crippen LogP contribution in [0.25, 0.3) is 0 Å². The average Bonchev–Trinajstić information content (AvgIpc) is 3.14. The molecule has 0 spiro atoms. The molecule has 31 heavy (non-hydrogen) atoms. The molecule has 9 heteroatoms. The molecule has 0 aliphatic carbocycles. The highest BCUT2D eigenvalue weighted by Gasteiger charge is 2.37. The predicted molar refractivity (Wildman–Crippen MR) is 115 cm³/mol. The lowest BCUT2D eigenvalue weighted by atomic mass is 10.1. The van der Waals surface area contributed by atoms with Crippen molar-refractivity contribution in [3.05, 3.63) is 42.1 Å². The van der Waals surface area contributed by atoms with Crippen LogP contribution in [-0.2, 0) is 14.4 Å². The molecular weight excluding hydrogens is 400 g/mol. The Hall–Kier alpha value is -3.62. The molecule has 1 unspecified atom stereocenters. The van der Waals surface area contributed by atoms with Crippen molar-refractivity contribution in [2.24, 2.45) is 5.92 Å². The number of amides is 3. The number of pyridine rings is 1. The summed E-state index contributed by atoms with van der Waals surface area (Å²) in [4.78, 5) is 44.7. The number of hydrogen-bond donors (Lipinski definition) is 1. The van der Waals surface area contributed by atoms with E-state index in [1.54, 1.807) is 42.4 Å². The van der Waals surface area contributed by atoms with Gasteiger partial charge in [0.2, 0.25) is 17.7 Å². The van der Waals surface area contributed by atoms with Crippen LogP contribution in [0.3, 0.4) is 0 Å². The van der Waals surface area contributed by atoms with Gasteiger partial charge in [-0.1, -0.05) is 0 Å². The first-order valence-electron chi connectivity index (χ1n) is 9.82. The zero-order chi connectivity index (χ0) is 22.5. The maximum atomic E-state index is 12.8. The maximum Gasteiger partial charge on any atom is 0.245 e. The highest BCUT2D eigenvalue weighted by Crippen LogP contribution is 2.34. The second kappa shape index (κ2) is 9.46. The van der Waals surface area contributed by atoms with Crippen LogP contribution in [0.5, 0.6) is 11.5 Å². The number of nitrogens with zero attached hydrogens (tertiary/aromatic N) is 3. The van der Waals surface area contributed by atoms with Crippen LogP contribution in [0.15, 0.2) is 36.5 Å². The van der Waals surface area contributed by atoms with Gasteiger partial charge in [0.1, 0.15) is 5.82 Å². The van der Waals surface area contributed by atoms with Gasteiger partial charge < -0.3 is 24.6 Å². The summed E-state index contributed by atoms with van der Waals surface area (Å²) >= 11 is 0. The summed E-state index contributed by atoms with van der Waals surface area (Å²) in [7, 11) is 4.61. The Morgan fingerprint density at radius 1 is 1.19 bits per heavy atom. The van der Waals surface area contributed by atoms with Gasteiger partial charge in [-0.3, -0.25) is 14.4 Å². The summed E-state index contributed by atoms with van der Waals surface area (Å²) in [5.74, 6) is 0.184. The highest BCUT2D eigenvalue weighted by molar-refractivity contribution is 6.01. The number of likely N-dealkylation sites (N-methyl/N-ethyl adjacent to an activating group) is 1. The van der Waals surface area contributed by atoms with Crippen molar-refractivity contribution in [2.45, 2.75) is 13.3 Å². The molecule has 1 N–H and O–H groups in total. The summed E-state index contributed by atoms with van der Waals surface area (Å²) in [6.07, 6.45) is 1.69. The van der Waals surface area contributed by atoms with E-state index < -0.39 is 5.92 Å². The summed E-state index contributed by atoms with van der Waals surface area (Å²) < 4.78 is 10.5. The number of aromatic nitrogens is 1. The lowest BCUT2D eigenvalue weighted by Gasteiger charge is -2.21. The third-order valence-corrected chi connectivity index (χ3v) is 5.09. The fourth-order valence-electron chi connectivity index (χ4n) is 3.51. The van der Waals surface area contributed by atoms with Gasteiger partial charge in [-0.15, -0.1) is 0 Å². The van der Waals surface area contributed by atoms with Crippen molar-refractivity contribution in [1.29, 1.82) is 0 Å². The van der Waals surface area contributed by atoms with Gasteiger partial charge in [-0.05, 0) is 36.8 Å². The van der Waals surface area contributed by atoms with Crippen LogP contribution in [-0.4, -0.2) is 62.0 Å². The van der Waals surface area contributed by atoms with Crippen molar-refractivity contribution in [2.75, 3.05) is 44.6 Å². The number of carbonyl (C=O) groups is 3. The first-order valence-corrected chi connectivity index (χ1v) is 9.82. The van der Waals surface area contributed by atoms with E-state index in [1.807, 2.05) is 13.0 Å². The van der Waals surface area contributed by atoms with Crippen LogP contribution >= 0.6 is 0 Å². The number of ether oxygens (including phenoxy) is 2. The topological polar surface area (TPSA) is 101 Å². The molecule has 9 nitrogen and oxygen atoms in total. The van der Waals surface area contributed by atoms with Crippen molar-refractivity contribution < 1.29 is 23.9 Å². The lowest BCUT2D eigenvalue weighted by molar-refractivity contribution is -0.137. The summed E-state index contributed by atoms with van der Waals surface area (Å²) in [6, 6.07) is 8.74. The zero-order valence-electron chi connectivity index (χ0n) is 18.0. The Bertz CT molecular complexity index is 994. The van der Waals surface area contributed by atoms with E-state index in [0.717, 1.165) is 5.56 Å². The minimum absolute atomic E-state index is 0.0819. The van der Waals surface area contributed by atoms with Gasteiger partial charge in [-0.2, -0.15) is 0 Å². The number of benzene rings is 1. The molecule has 0 saturated carbocycles. The van der Waals surface area contributed by atoms with Gasteiger partial charge in [0, 0.05) is 38.0 Å². The quantitative estimate of drug-likeness (QED) is 0.725. The first kappa shape index (κ1) is 22.1. The zero-order valence-corrected chi connectivity index (χ0v) is 18.0. The molecule has 3 rings (SSSR count). The Kier molecular flexibility index (Phi) is 6.74. The predicted octanol–water partition coefficient (Wildman–Crippen LogP) is 1.86. The maximum absolute atomic E-state index is 12.8. The summed E-state index contributed by atoms with van der Waals surface area (Å²) in [5, 5.41) is 2.68. The van der Waals surface area contributed by atoms with Crippen LogP contribution in [0, 0.1) is 12.8 Å². The van der Waals surface area contributed by atoms with E-state index in [4.69, 9.17) is 9.47 Å². The molecule has 1 fully saturated rings. The molecule has 3 amide bonds. The smallest absolute Gasteiger partial charge is 0.245 e. The Morgan fingerprint density at radius 2 is 1.94 bits per heavy atom. The SMILES string of the molecule is COc1ccc(N2CC(C(=O)N(C)CC(=O)Nc3cc(C)ccn3)CC2=O)cc1OC. The number of methoxy groups -OCH3 is 2. The van der Waals surface area contributed by atoms with E-state index in [-0.39, 0.29) is 37.2 Å². The van der Waals surface area contributed by atoms with Crippen LogP contribution < -0.4 is 19.7 Å². The number of aryl methyl sites for hydroxylation is 1. The van der Waals surface area contributed by atoms with Gasteiger partial charge in [0.15, 0.2) is 11.5 Å². The van der Waals surface area contributed by atoms with Crippen molar-refractivity contribution >= 4 is 29.2 Å². The first-order chi connectivity index (χ1) is 14.8. The van der Waals surface area contributed by atoms with Gasteiger partial charge in [0.25, 0.3) is 0 Å². The number of nitrogens with one attached hydrogen (secondary N) is 1. The molecule has 0 bridgehead atoms. The average molecular weight is 426 g/mol. The van der Waals surface area contributed by atoms with Crippen molar-refractivity contribution in [3.63, 3.8) is 0 Å². The van der Waals surface area contributed by atoms with Crippen molar-refractivity contribution in [3.8, 4) is 11.5 Å².